The molecule has 0 spiro atoms. The van der Waals surface area contributed by atoms with E-state index in [1.807, 2.05) is 11.5 Å². The van der Waals surface area contributed by atoms with Gasteiger partial charge in [-0.2, -0.15) is 0 Å². The Morgan fingerprint density at radius 2 is 2.11 bits per heavy atom. The van der Waals surface area contributed by atoms with Crippen LogP contribution in [0, 0.1) is 5.82 Å². The quantitative estimate of drug-likeness (QED) is 0.749. The van der Waals surface area contributed by atoms with Gasteiger partial charge in [0.25, 0.3) is 5.91 Å². The lowest BCUT2D eigenvalue weighted by molar-refractivity contribution is 0.0948. The molecule has 0 saturated heterocycles. The van der Waals surface area contributed by atoms with Gasteiger partial charge in [-0.3, -0.25) is 9.59 Å². The van der Waals surface area contributed by atoms with E-state index in [1.54, 1.807) is 30.3 Å². The van der Waals surface area contributed by atoms with Crippen molar-refractivity contribution in [1.29, 1.82) is 0 Å². The molecule has 1 N–H and O–H groups in total. The van der Waals surface area contributed by atoms with Crippen LogP contribution in [0.2, 0.25) is 5.02 Å². The van der Waals surface area contributed by atoms with Crippen LogP contribution in [0.3, 0.4) is 0 Å². The standard InChI is InChI=1S/C20H16ClFN2O3/c1-11-9-24-10-13(20(26)23-8-12-4-2-3-5-15(12)22)19(25)17-14(21)6-7-16(27-11)18(17)24/h2-7,10-11H,8-9H2,1H3,(H,23,26)/t11-/m0/s1. The lowest BCUT2D eigenvalue weighted by Gasteiger charge is -2.26. The van der Waals surface area contributed by atoms with Crippen molar-refractivity contribution in [2.45, 2.75) is 26.1 Å². The SMILES string of the molecule is C[C@H]1Cn2cc(C(=O)NCc3ccccc3F)c(=O)c3c(Cl)ccc(c32)O1. The summed E-state index contributed by atoms with van der Waals surface area (Å²) in [5, 5.41) is 3.12. The van der Waals surface area contributed by atoms with Crippen LogP contribution in [0.1, 0.15) is 22.8 Å². The van der Waals surface area contributed by atoms with Gasteiger partial charge < -0.3 is 14.6 Å². The van der Waals surface area contributed by atoms with Gasteiger partial charge in [0, 0.05) is 18.3 Å². The molecule has 0 unspecified atom stereocenters. The van der Waals surface area contributed by atoms with Crippen molar-refractivity contribution >= 4 is 28.4 Å². The highest BCUT2D eigenvalue weighted by molar-refractivity contribution is 6.35. The van der Waals surface area contributed by atoms with Gasteiger partial charge in [0.1, 0.15) is 23.2 Å². The highest BCUT2D eigenvalue weighted by Crippen LogP contribution is 2.33. The Bertz CT molecular complexity index is 1130. The number of nitrogens with one attached hydrogen (secondary N) is 1. The van der Waals surface area contributed by atoms with E-state index in [1.165, 1.54) is 12.3 Å². The number of hydrogen-bond donors (Lipinski definition) is 1. The molecule has 1 atom stereocenters. The Kier molecular flexibility index (Phi) is 4.36. The first-order valence-electron chi connectivity index (χ1n) is 8.49. The second kappa shape index (κ2) is 6.70. The zero-order valence-electron chi connectivity index (χ0n) is 14.5. The second-order valence-corrected chi connectivity index (χ2v) is 6.90. The molecule has 5 nitrogen and oxygen atoms in total. The van der Waals surface area contributed by atoms with Crippen molar-refractivity contribution in [3.05, 3.63) is 74.8 Å². The van der Waals surface area contributed by atoms with E-state index in [4.69, 9.17) is 16.3 Å². The molecular formula is C20H16ClFN2O3. The normalized spacial score (nSPS) is 15.4. The molecule has 0 saturated carbocycles. The van der Waals surface area contributed by atoms with Crippen LogP contribution in [-0.4, -0.2) is 16.6 Å². The molecule has 0 bridgehead atoms. The fraction of sp³-hybridized carbons (Fsp3) is 0.200. The van der Waals surface area contributed by atoms with Crippen LogP contribution >= 0.6 is 11.6 Å². The number of carbonyl (C=O) groups excluding carboxylic acids is 1. The minimum Gasteiger partial charge on any atom is -0.487 e. The third kappa shape index (κ3) is 3.06. The summed E-state index contributed by atoms with van der Waals surface area (Å²) >= 11 is 6.24. The molecule has 1 aromatic heterocycles. The molecule has 0 aliphatic carbocycles. The molecule has 2 heterocycles. The van der Waals surface area contributed by atoms with Crippen molar-refractivity contribution in [3.63, 3.8) is 0 Å². The Balaban J connectivity index is 1.75. The highest BCUT2D eigenvalue weighted by atomic mass is 35.5. The summed E-state index contributed by atoms with van der Waals surface area (Å²) in [6, 6.07) is 9.46. The van der Waals surface area contributed by atoms with E-state index in [9.17, 15) is 14.0 Å². The van der Waals surface area contributed by atoms with E-state index < -0.39 is 17.2 Å². The van der Waals surface area contributed by atoms with Gasteiger partial charge in [0.05, 0.1) is 22.5 Å². The summed E-state index contributed by atoms with van der Waals surface area (Å²) in [5.74, 6) is -0.431. The van der Waals surface area contributed by atoms with Crippen LogP contribution in [0.5, 0.6) is 5.75 Å². The van der Waals surface area contributed by atoms with Gasteiger partial charge >= 0.3 is 0 Å². The van der Waals surface area contributed by atoms with Crippen molar-refractivity contribution in [3.8, 4) is 5.75 Å². The third-order valence-corrected chi connectivity index (χ3v) is 4.87. The first-order valence-corrected chi connectivity index (χ1v) is 8.87. The Labute approximate surface area is 159 Å². The largest absolute Gasteiger partial charge is 0.487 e. The van der Waals surface area contributed by atoms with Gasteiger partial charge in [-0.05, 0) is 25.1 Å². The number of carbonyl (C=O) groups is 1. The topological polar surface area (TPSA) is 60.3 Å². The molecule has 1 aliphatic heterocycles. The Hall–Kier alpha value is -2.86. The average Bonchev–Trinajstić information content (AvgIpc) is 2.64. The number of rotatable bonds is 3. The molecule has 3 aromatic rings. The van der Waals surface area contributed by atoms with Crippen molar-refractivity contribution < 1.29 is 13.9 Å². The third-order valence-electron chi connectivity index (χ3n) is 4.56. The molecule has 7 heteroatoms. The van der Waals surface area contributed by atoms with E-state index >= 15 is 0 Å². The Morgan fingerprint density at radius 3 is 2.89 bits per heavy atom. The maximum Gasteiger partial charge on any atom is 0.257 e. The lowest BCUT2D eigenvalue weighted by Crippen LogP contribution is -2.32. The fourth-order valence-electron chi connectivity index (χ4n) is 3.31. The molecule has 0 fully saturated rings. The van der Waals surface area contributed by atoms with Crippen LogP contribution in [0.15, 0.2) is 47.4 Å². The predicted molar refractivity (Wildman–Crippen MR) is 101 cm³/mol. The summed E-state index contributed by atoms with van der Waals surface area (Å²) in [4.78, 5) is 25.5. The van der Waals surface area contributed by atoms with E-state index in [0.717, 1.165) is 0 Å². The maximum atomic E-state index is 13.7. The van der Waals surface area contributed by atoms with Crippen LogP contribution in [-0.2, 0) is 13.1 Å². The summed E-state index contributed by atoms with van der Waals surface area (Å²) in [7, 11) is 0. The molecule has 138 valence electrons. The number of amides is 1. The van der Waals surface area contributed by atoms with Crippen molar-refractivity contribution in [2.24, 2.45) is 0 Å². The van der Waals surface area contributed by atoms with Gasteiger partial charge in [-0.1, -0.05) is 29.8 Å². The molecule has 0 radical (unpaired) electrons. The fourth-order valence-corrected chi connectivity index (χ4v) is 3.54. The number of aromatic nitrogens is 1. The minimum atomic E-state index is -0.575. The van der Waals surface area contributed by atoms with Crippen molar-refractivity contribution in [2.75, 3.05) is 0 Å². The molecule has 1 amide bonds. The summed E-state index contributed by atoms with van der Waals surface area (Å²) in [6.45, 7) is 2.37. The first kappa shape index (κ1) is 17.5. The van der Waals surface area contributed by atoms with Crippen LogP contribution in [0.25, 0.3) is 10.9 Å². The highest BCUT2D eigenvalue weighted by Gasteiger charge is 2.24. The van der Waals surface area contributed by atoms with E-state index in [2.05, 4.69) is 5.32 Å². The second-order valence-electron chi connectivity index (χ2n) is 6.50. The number of pyridine rings is 1. The minimum absolute atomic E-state index is 0.0176. The molecule has 1 aliphatic rings. The summed E-state index contributed by atoms with van der Waals surface area (Å²) in [6.07, 6.45) is 1.40. The molecule has 2 aromatic carbocycles. The monoisotopic (exact) mass is 386 g/mol. The van der Waals surface area contributed by atoms with Crippen LogP contribution in [0.4, 0.5) is 4.39 Å². The van der Waals surface area contributed by atoms with Crippen molar-refractivity contribution in [1.82, 2.24) is 9.88 Å². The first-order chi connectivity index (χ1) is 13.0. The van der Waals surface area contributed by atoms with E-state index in [-0.39, 0.29) is 28.6 Å². The lowest BCUT2D eigenvalue weighted by atomic mass is 10.1. The average molecular weight is 387 g/mol. The Morgan fingerprint density at radius 1 is 1.33 bits per heavy atom. The van der Waals surface area contributed by atoms with E-state index in [0.29, 0.717) is 23.4 Å². The maximum absolute atomic E-state index is 13.7. The zero-order chi connectivity index (χ0) is 19.1. The number of halogens is 2. The molecular weight excluding hydrogens is 371 g/mol. The van der Waals surface area contributed by atoms with Gasteiger partial charge in [-0.25, -0.2) is 4.39 Å². The molecule has 27 heavy (non-hydrogen) atoms. The smallest absolute Gasteiger partial charge is 0.257 e. The summed E-state index contributed by atoms with van der Waals surface area (Å²) < 4.78 is 21.3. The molecule has 4 rings (SSSR count). The van der Waals surface area contributed by atoms with Gasteiger partial charge in [-0.15, -0.1) is 0 Å². The predicted octanol–water partition coefficient (Wildman–Crippen LogP) is 3.50. The number of benzene rings is 2. The zero-order valence-corrected chi connectivity index (χ0v) is 15.2. The number of hydrogen-bond acceptors (Lipinski definition) is 3. The number of nitrogens with zero attached hydrogens (tertiary/aromatic N) is 1. The summed E-state index contributed by atoms with van der Waals surface area (Å²) in [5.41, 5.74) is 0.413. The number of ether oxygens (including phenoxy) is 1. The van der Waals surface area contributed by atoms with Crippen LogP contribution < -0.4 is 15.5 Å². The van der Waals surface area contributed by atoms with Gasteiger partial charge in [0.2, 0.25) is 5.43 Å². The van der Waals surface area contributed by atoms with Gasteiger partial charge in [0.15, 0.2) is 0 Å².